The number of fused-ring (bicyclic) bond motifs is 2. The van der Waals surface area contributed by atoms with Crippen LogP contribution in [0, 0.1) is 6.92 Å². The van der Waals surface area contributed by atoms with Gasteiger partial charge >= 0.3 is 0 Å². The molecule has 0 saturated carbocycles. The summed E-state index contributed by atoms with van der Waals surface area (Å²) in [6.07, 6.45) is 1.83. The van der Waals surface area contributed by atoms with Crippen molar-refractivity contribution in [3.8, 4) is 56.1 Å². The second-order valence-electron chi connectivity index (χ2n) is 11.2. The normalized spacial score (nSPS) is 11.3. The highest BCUT2D eigenvalue weighted by Crippen LogP contribution is 2.38. The molecular formula is C41H28N2O. The summed E-state index contributed by atoms with van der Waals surface area (Å²) in [4.78, 5) is 9.16. The standard InChI is InChI=1S/C41H28N2O/c1-27-24-32(28-13-17-30(18-14-28)38-10-6-7-23-42-38)26-33(25-27)35-22-21-34(36-8-2-3-9-37(35)36)29-15-19-31(20-16-29)41-43-39-11-4-5-12-40(39)44-41/h2-26H,1H3. The van der Waals surface area contributed by atoms with Gasteiger partial charge in [-0.1, -0.05) is 103 Å². The Kier molecular flexibility index (Phi) is 6.35. The molecule has 0 aliphatic heterocycles. The van der Waals surface area contributed by atoms with Crippen molar-refractivity contribution in [1.82, 2.24) is 9.97 Å². The number of hydrogen-bond donors (Lipinski definition) is 0. The summed E-state index contributed by atoms with van der Waals surface area (Å²) < 4.78 is 6.00. The molecule has 0 amide bonds. The molecule has 0 bridgehead atoms. The largest absolute Gasteiger partial charge is 0.436 e. The van der Waals surface area contributed by atoms with Crippen LogP contribution in [0.3, 0.4) is 0 Å². The number of para-hydroxylation sites is 2. The zero-order valence-electron chi connectivity index (χ0n) is 24.2. The molecule has 2 heterocycles. The highest BCUT2D eigenvalue weighted by Gasteiger charge is 2.13. The maximum absolute atomic E-state index is 6.00. The Balaban J connectivity index is 1.15. The van der Waals surface area contributed by atoms with Gasteiger partial charge in [-0.25, -0.2) is 4.98 Å². The maximum Gasteiger partial charge on any atom is 0.227 e. The molecule has 8 aromatic rings. The van der Waals surface area contributed by atoms with Crippen molar-refractivity contribution in [2.45, 2.75) is 6.92 Å². The molecule has 0 aliphatic carbocycles. The molecule has 3 heteroatoms. The van der Waals surface area contributed by atoms with Crippen LogP contribution in [0.5, 0.6) is 0 Å². The van der Waals surface area contributed by atoms with Crippen LogP contribution in [0.4, 0.5) is 0 Å². The van der Waals surface area contributed by atoms with E-state index in [4.69, 9.17) is 4.42 Å². The summed E-state index contributed by atoms with van der Waals surface area (Å²) in [7, 11) is 0. The molecule has 0 fully saturated rings. The van der Waals surface area contributed by atoms with Crippen molar-refractivity contribution >= 4 is 21.9 Å². The first-order valence-electron chi connectivity index (χ1n) is 14.8. The van der Waals surface area contributed by atoms with Crippen molar-refractivity contribution < 1.29 is 4.42 Å². The summed E-state index contributed by atoms with van der Waals surface area (Å²) in [5.41, 5.74) is 13.2. The Morgan fingerprint density at radius 2 is 1.09 bits per heavy atom. The van der Waals surface area contributed by atoms with E-state index in [0.717, 1.165) is 33.5 Å². The molecule has 208 valence electrons. The van der Waals surface area contributed by atoms with Crippen LogP contribution in [-0.4, -0.2) is 9.97 Å². The van der Waals surface area contributed by atoms with Gasteiger partial charge in [0.05, 0.1) is 5.69 Å². The van der Waals surface area contributed by atoms with Gasteiger partial charge in [-0.3, -0.25) is 4.98 Å². The van der Waals surface area contributed by atoms with E-state index in [0.29, 0.717) is 5.89 Å². The first-order valence-corrected chi connectivity index (χ1v) is 14.8. The minimum atomic E-state index is 0.638. The van der Waals surface area contributed by atoms with Gasteiger partial charge in [0, 0.05) is 17.3 Å². The number of hydrogen-bond acceptors (Lipinski definition) is 3. The summed E-state index contributed by atoms with van der Waals surface area (Å²) in [6.45, 7) is 2.17. The molecule has 0 aliphatic rings. The lowest BCUT2D eigenvalue weighted by atomic mass is 9.90. The third kappa shape index (κ3) is 4.75. The SMILES string of the molecule is Cc1cc(-c2ccc(-c3ccccn3)cc2)cc(-c2ccc(-c3ccc(-c4nc5ccccc5o4)cc3)c3ccccc23)c1. The summed E-state index contributed by atoms with van der Waals surface area (Å²) in [5.74, 6) is 0.638. The van der Waals surface area contributed by atoms with Gasteiger partial charge in [0.25, 0.3) is 0 Å². The Bertz CT molecular complexity index is 2230. The number of aryl methyl sites for hydroxylation is 1. The van der Waals surface area contributed by atoms with Crippen LogP contribution in [0.1, 0.15) is 5.56 Å². The molecule has 0 atom stereocenters. The minimum absolute atomic E-state index is 0.638. The fourth-order valence-electron chi connectivity index (χ4n) is 6.06. The van der Waals surface area contributed by atoms with E-state index in [1.807, 2.05) is 48.7 Å². The first-order chi connectivity index (χ1) is 21.7. The van der Waals surface area contributed by atoms with Crippen molar-refractivity contribution in [2.75, 3.05) is 0 Å². The Labute approximate surface area is 256 Å². The zero-order chi connectivity index (χ0) is 29.5. The second-order valence-corrected chi connectivity index (χ2v) is 11.2. The van der Waals surface area contributed by atoms with Crippen LogP contribution in [0.15, 0.2) is 156 Å². The molecule has 2 aromatic heterocycles. The lowest BCUT2D eigenvalue weighted by Crippen LogP contribution is -1.89. The third-order valence-electron chi connectivity index (χ3n) is 8.23. The molecular weight excluding hydrogens is 536 g/mol. The number of rotatable bonds is 5. The lowest BCUT2D eigenvalue weighted by molar-refractivity contribution is 0.620. The van der Waals surface area contributed by atoms with Crippen LogP contribution < -0.4 is 0 Å². The lowest BCUT2D eigenvalue weighted by Gasteiger charge is -2.14. The predicted octanol–water partition coefficient (Wildman–Crippen LogP) is 11.0. The molecule has 44 heavy (non-hydrogen) atoms. The van der Waals surface area contributed by atoms with E-state index < -0.39 is 0 Å². The molecule has 0 spiro atoms. The molecule has 6 aromatic carbocycles. The fourth-order valence-corrected chi connectivity index (χ4v) is 6.06. The molecule has 0 unspecified atom stereocenters. The molecule has 8 rings (SSSR count). The molecule has 0 radical (unpaired) electrons. The average Bonchev–Trinajstić information content (AvgIpc) is 3.53. The van der Waals surface area contributed by atoms with Crippen LogP contribution in [-0.2, 0) is 0 Å². The van der Waals surface area contributed by atoms with E-state index in [9.17, 15) is 0 Å². The molecule has 0 N–H and O–H groups in total. The van der Waals surface area contributed by atoms with Gasteiger partial charge in [-0.2, -0.15) is 0 Å². The van der Waals surface area contributed by atoms with Crippen molar-refractivity contribution in [3.05, 3.63) is 157 Å². The monoisotopic (exact) mass is 564 g/mol. The number of nitrogens with zero attached hydrogens (tertiary/aromatic N) is 2. The Hall–Kier alpha value is -5.80. The Morgan fingerprint density at radius 1 is 0.477 bits per heavy atom. The summed E-state index contributed by atoms with van der Waals surface area (Å²) >= 11 is 0. The summed E-state index contributed by atoms with van der Waals surface area (Å²) in [6, 6.07) is 51.1. The molecule has 3 nitrogen and oxygen atoms in total. The van der Waals surface area contributed by atoms with Crippen molar-refractivity contribution in [1.29, 1.82) is 0 Å². The van der Waals surface area contributed by atoms with Crippen LogP contribution in [0.2, 0.25) is 0 Å². The first kappa shape index (κ1) is 25.9. The van der Waals surface area contributed by atoms with Crippen LogP contribution in [0.25, 0.3) is 78.0 Å². The summed E-state index contributed by atoms with van der Waals surface area (Å²) in [5, 5.41) is 2.46. The van der Waals surface area contributed by atoms with Gasteiger partial charge in [-0.15, -0.1) is 0 Å². The average molecular weight is 565 g/mol. The third-order valence-corrected chi connectivity index (χ3v) is 8.23. The smallest absolute Gasteiger partial charge is 0.227 e. The zero-order valence-corrected chi connectivity index (χ0v) is 24.2. The van der Waals surface area contributed by atoms with Gasteiger partial charge in [0.15, 0.2) is 5.58 Å². The van der Waals surface area contributed by atoms with E-state index in [2.05, 4.69) is 120 Å². The topological polar surface area (TPSA) is 38.9 Å². The van der Waals surface area contributed by atoms with E-state index in [1.54, 1.807) is 0 Å². The highest BCUT2D eigenvalue weighted by atomic mass is 16.3. The number of oxazole rings is 1. The maximum atomic E-state index is 6.00. The predicted molar refractivity (Wildman–Crippen MR) is 181 cm³/mol. The van der Waals surface area contributed by atoms with E-state index in [-0.39, 0.29) is 0 Å². The van der Waals surface area contributed by atoms with Gasteiger partial charge in [-0.05, 0) is 99.1 Å². The van der Waals surface area contributed by atoms with Crippen molar-refractivity contribution in [2.24, 2.45) is 0 Å². The number of benzene rings is 6. The minimum Gasteiger partial charge on any atom is -0.436 e. The van der Waals surface area contributed by atoms with E-state index >= 15 is 0 Å². The van der Waals surface area contributed by atoms with Crippen LogP contribution >= 0.6 is 0 Å². The van der Waals surface area contributed by atoms with Crippen molar-refractivity contribution in [3.63, 3.8) is 0 Å². The fraction of sp³-hybridized carbons (Fsp3) is 0.0244. The van der Waals surface area contributed by atoms with Gasteiger partial charge in [0.2, 0.25) is 5.89 Å². The Morgan fingerprint density at radius 3 is 1.82 bits per heavy atom. The second kappa shape index (κ2) is 10.8. The quantitative estimate of drug-likeness (QED) is 0.209. The highest BCUT2D eigenvalue weighted by molar-refractivity contribution is 6.05. The number of pyridine rings is 1. The van der Waals surface area contributed by atoms with Gasteiger partial charge in [0.1, 0.15) is 5.52 Å². The van der Waals surface area contributed by atoms with E-state index in [1.165, 1.54) is 44.2 Å². The molecule has 0 saturated heterocycles. The van der Waals surface area contributed by atoms with Gasteiger partial charge < -0.3 is 4.42 Å². The number of aromatic nitrogens is 2.